The van der Waals surface area contributed by atoms with Gasteiger partial charge in [-0.2, -0.15) is 0 Å². The molecule has 206 valence electrons. The molecule has 2 amide bonds. The topological polar surface area (TPSA) is 109 Å². The molecule has 0 aliphatic heterocycles. The SMILES string of the molecule is CC(C)(C)NC(=O)C[C@H](CS(=O)(=O)C1CC1)C(=O)NCCCC(=O)c1cc(-c2ccccc2F)ccc1F. The highest BCUT2D eigenvalue weighted by Gasteiger charge is 2.39. The summed E-state index contributed by atoms with van der Waals surface area (Å²) in [6, 6.07) is 9.81. The van der Waals surface area contributed by atoms with Crippen molar-refractivity contribution in [1.82, 2.24) is 10.6 Å². The number of halogens is 2. The zero-order valence-electron chi connectivity index (χ0n) is 21.9. The molecule has 7 nitrogen and oxygen atoms in total. The van der Waals surface area contributed by atoms with Crippen molar-refractivity contribution in [3.8, 4) is 11.1 Å². The molecule has 0 spiro atoms. The maximum absolute atomic E-state index is 14.4. The molecule has 10 heteroatoms. The molecule has 2 N–H and O–H groups in total. The molecule has 2 aromatic rings. The molecule has 1 aliphatic carbocycles. The fraction of sp³-hybridized carbons (Fsp3) is 0.464. The number of benzene rings is 2. The predicted molar refractivity (Wildman–Crippen MR) is 141 cm³/mol. The zero-order valence-corrected chi connectivity index (χ0v) is 22.7. The van der Waals surface area contributed by atoms with E-state index in [1.807, 2.05) is 0 Å². The van der Waals surface area contributed by atoms with Crippen molar-refractivity contribution in [3.63, 3.8) is 0 Å². The molecule has 0 bridgehead atoms. The van der Waals surface area contributed by atoms with Crippen LogP contribution in [-0.4, -0.2) is 49.1 Å². The van der Waals surface area contributed by atoms with Gasteiger partial charge in [-0.1, -0.05) is 24.3 Å². The summed E-state index contributed by atoms with van der Waals surface area (Å²) in [5.74, 6) is -4.22. The van der Waals surface area contributed by atoms with Gasteiger partial charge in [-0.05, 0) is 63.8 Å². The van der Waals surface area contributed by atoms with Crippen LogP contribution in [-0.2, 0) is 19.4 Å². The van der Waals surface area contributed by atoms with Crippen LogP contribution in [0.3, 0.4) is 0 Å². The van der Waals surface area contributed by atoms with Crippen molar-refractivity contribution in [2.75, 3.05) is 12.3 Å². The zero-order chi connectivity index (χ0) is 28.1. The third-order valence-corrected chi connectivity index (χ3v) is 8.47. The molecule has 0 aromatic heterocycles. The van der Waals surface area contributed by atoms with Gasteiger partial charge in [0.15, 0.2) is 15.6 Å². The molecule has 1 aliphatic rings. The molecule has 1 atom stereocenters. The van der Waals surface area contributed by atoms with Crippen LogP contribution in [0.1, 0.15) is 63.2 Å². The minimum atomic E-state index is -3.50. The molecule has 2 aromatic carbocycles. The van der Waals surface area contributed by atoms with Crippen LogP contribution in [0.15, 0.2) is 42.5 Å². The van der Waals surface area contributed by atoms with Gasteiger partial charge >= 0.3 is 0 Å². The van der Waals surface area contributed by atoms with E-state index in [2.05, 4.69) is 10.6 Å². The van der Waals surface area contributed by atoms with Gasteiger partial charge in [-0.25, -0.2) is 17.2 Å². The van der Waals surface area contributed by atoms with E-state index in [9.17, 15) is 31.6 Å². The van der Waals surface area contributed by atoms with Gasteiger partial charge in [0, 0.05) is 30.5 Å². The van der Waals surface area contributed by atoms with E-state index in [1.54, 1.807) is 26.8 Å². The summed E-state index contributed by atoms with van der Waals surface area (Å²) >= 11 is 0. The number of amides is 2. The Morgan fingerprint density at radius 1 is 1.03 bits per heavy atom. The molecule has 0 saturated heterocycles. The first-order valence-corrected chi connectivity index (χ1v) is 14.4. The number of hydrogen-bond acceptors (Lipinski definition) is 5. The summed E-state index contributed by atoms with van der Waals surface area (Å²) in [6.45, 7) is 5.40. The molecule has 0 radical (unpaired) electrons. The summed E-state index contributed by atoms with van der Waals surface area (Å²) in [4.78, 5) is 37.9. The molecular weight excluding hydrogens is 514 g/mol. The number of Topliss-reactive ketones (excluding diaryl/α,β-unsaturated/α-hetero) is 1. The van der Waals surface area contributed by atoms with Crippen molar-refractivity contribution in [3.05, 3.63) is 59.7 Å². The quantitative estimate of drug-likeness (QED) is 0.305. The highest BCUT2D eigenvalue weighted by Crippen LogP contribution is 2.30. The van der Waals surface area contributed by atoms with Gasteiger partial charge in [0.05, 0.1) is 22.5 Å². The summed E-state index contributed by atoms with van der Waals surface area (Å²) in [5.41, 5.74) is -0.0950. The summed E-state index contributed by atoms with van der Waals surface area (Å²) in [6.07, 6.45) is 0.920. The Labute approximate surface area is 222 Å². The number of sulfone groups is 1. The number of rotatable bonds is 12. The van der Waals surface area contributed by atoms with Crippen LogP contribution in [0.2, 0.25) is 0 Å². The van der Waals surface area contributed by atoms with E-state index in [-0.39, 0.29) is 36.9 Å². The Balaban J connectivity index is 1.59. The van der Waals surface area contributed by atoms with E-state index in [0.29, 0.717) is 18.4 Å². The molecular formula is C28H34F2N2O5S. The standard InChI is InChI=1S/C28H34F2N2O5S/c1-28(2,3)32-26(34)16-19(17-38(36,37)20-11-12-20)27(35)31-14-6-9-25(33)22-15-18(10-13-24(22)30)21-7-4-5-8-23(21)29/h4-5,7-8,10,13,15,19-20H,6,9,11-12,14,16-17H2,1-3H3,(H,31,35)(H,32,34)/t19-/m1/s1. The van der Waals surface area contributed by atoms with E-state index in [1.165, 1.54) is 30.3 Å². The second-order valence-corrected chi connectivity index (χ2v) is 13.0. The lowest BCUT2D eigenvalue weighted by atomic mass is 9.98. The van der Waals surface area contributed by atoms with Gasteiger partial charge in [0.25, 0.3) is 0 Å². The monoisotopic (exact) mass is 548 g/mol. The lowest BCUT2D eigenvalue weighted by Gasteiger charge is -2.23. The summed E-state index contributed by atoms with van der Waals surface area (Å²) < 4.78 is 53.5. The second kappa shape index (κ2) is 12.1. The third kappa shape index (κ3) is 8.44. The van der Waals surface area contributed by atoms with Crippen LogP contribution in [0.4, 0.5) is 8.78 Å². The van der Waals surface area contributed by atoms with Crippen molar-refractivity contribution < 1.29 is 31.6 Å². The molecule has 38 heavy (non-hydrogen) atoms. The highest BCUT2D eigenvalue weighted by molar-refractivity contribution is 7.92. The third-order valence-electron chi connectivity index (χ3n) is 6.11. The van der Waals surface area contributed by atoms with Crippen molar-refractivity contribution in [2.45, 2.75) is 63.7 Å². The van der Waals surface area contributed by atoms with Crippen LogP contribution < -0.4 is 10.6 Å². The molecule has 0 heterocycles. The highest BCUT2D eigenvalue weighted by atomic mass is 32.2. The van der Waals surface area contributed by atoms with E-state index < -0.39 is 61.5 Å². The first-order chi connectivity index (χ1) is 17.8. The van der Waals surface area contributed by atoms with Gasteiger partial charge in [0.2, 0.25) is 11.8 Å². The van der Waals surface area contributed by atoms with Crippen LogP contribution in [0.5, 0.6) is 0 Å². The second-order valence-electron chi connectivity index (χ2n) is 10.7. The Bertz CT molecular complexity index is 1300. The van der Waals surface area contributed by atoms with Crippen molar-refractivity contribution in [1.29, 1.82) is 0 Å². The molecule has 3 rings (SSSR count). The van der Waals surface area contributed by atoms with Crippen molar-refractivity contribution in [2.24, 2.45) is 5.92 Å². The summed E-state index contributed by atoms with van der Waals surface area (Å²) in [5, 5.41) is 4.90. The minimum absolute atomic E-state index is 0.0417. The maximum atomic E-state index is 14.4. The van der Waals surface area contributed by atoms with Crippen LogP contribution in [0, 0.1) is 17.6 Å². The average Bonchev–Trinajstić information content (AvgIpc) is 3.67. The Morgan fingerprint density at radius 3 is 2.34 bits per heavy atom. The molecule has 1 fully saturated rings. The molecule has 1 saturated carbocycles. The number of ketones is 1. The lowest BCUT2D eigenvalue weighted by Crippen LogP contribution is -2.44. The summed E-state index contributed by atoms with van der Waals surface area (Å²) in [7, 11) is -3.50. The smallest absolute Gasteiger partial charge is 0.224 e. The van der Waals surface area contributed by atoms with E-state index in [0.717, 1.165) is 6.07 Å². The number of carbonyl (C=O) groups excluding carboxylic acids is 3. The first-order valence-electron chi connectivity index (χ1n) is 12.6. The molecule has 0 unspecified atom stereocenters. The maximum Gasteiger partial charge on any atom is 0.224 e. The predicted octanol–water partition coefficient (Wildman–Crippen LogP) is 4.21. The van der Waals surface area contributed by atoms with E-state index >= 15 is 0 Å². The van der Waals surface area contributed by atoms with Crippen molar-refractivity contribution >= 4 is 27.4 Å². The van der Waals surface area contributed by atoms with E-state index in [4.69, 9.17) is 0 Å². The van der Waals surface area contributed by atoms with Crippen LogP contribution in [0.25, 0.3) is 11.1 Å². The van der Waals surface area contributed by atoms with Gasteiger partial charge in [0.1, 0.15) is 11.6 Å². The minimum Gasteiger partial charge on any atom is -0.356 e. The Morgan fingerprint density at radius 2 is 1.71 bits per heavy atom. The normalized spacial score (nSPS) is 14.6. The number of carbonyl (C=O) groups is 3. The fourth-order valence-corrected chi connectivity index (χ4v) is 6.06. The Hall–Kier alpha value is -3.14. The number of nitrogens with one attached hydrogen (secondary N) is 2. The Kier molecular flexibility index (Phi) is 9.40. The van der Waals surface area contributed by atoms with Gasteiger partial charge in [-0.3, -0.25) is 14.4 Å². The van der Waals surface area contributed by atoms with Gasteiger partial charge in [-0.15, -0.1) is 0 Å². The number of hydrogen-bond donors (Lipinski definition) is 2. The van der Waals surface area contributed by atoms with Gasteiger partial charge < -0.3 is 10.6 Å². The van der Waals surface area contributed by atoms with Crippen LogP contribution >= 0.6 is 0 Å². The first kappa shape index (κ1) is 29.4. The fourth-order valence-electron chi connectivity index (χ4n) is 4.11. The lowest BCUT2D eigenvalue weighted by molar-refractivity contribution is -0.130. The average molecular weight is 549 g/mol. The largest absolute Gasteiger partial charge is 0.356 e.